The van der Waals surface area contributed by atoms with Gasteiger partial charge in [0.25, 0.3) is 0 Å². The van der Waals surface area contributed by atoms with Gasteiger partial charge in [-0.15, -0.1) is 0 Å². The quantitative estimate of drug-likeness (QED) is 0.607. The molecule has 0 aliphatic carbocycles. The number of fused-ring (bicyclic) bond motifs is 1. The van der Waals surface area contributed by atoms with E-state index in [-0.39, 0.29) is 26.1 Å². The Morgan fingerprint density at radius 3 is 2.04 bits per heavy atom. The zero-order chi connectivity index (χ0) is 17.1. The van der Waals surface area contributed by atoms with Crippen molar-refractivity contribution in [3.63, 3.8) is 0 Å². The first-order valence-electron chi connectivity index (χ1n) is 7.41. The van der Waals surface area contributed by atoms with Crippen molar-refractivity contribution in [2.75, 3.05) is 0 Å². The number of benzene rings is 2. The van der Waals surface area contributed by atoms with E-state index in [9.17, 15) is 19.5 Å². The first kappa shape index (κ1) is 16.4. The molecule has 0 aromatic heterocycles. The van der Waals surface area contributed by atoms with E-state index in [1.807, 2.05) is 30.3 Å². The first-order valence-corrected chi connectivity index (χ1v) is 9.83. The van der Waals surface area contributed by atoms with Crippen LogP contribution in [-0.4, -0.2) is 48.8 Å². The molecule has 0 bridgehead atoms. The molecule has 2 aromatic rings. The average Bonchev–Trinajstić information content (AvgIpc) is 2.84. The number of carboxylic acid groups (broad SMARTS) is 1. The van der Waals surface area contributed by atoms with Crippen LogP contribution in [0.25, 0.3) is 0 Å². The SMILES string of the molecule is O=C(O)C(C[Se]Cc1ccccc1)N1C(=O)c2ccccc2C1=O. The fourth-order valence-corrected chi connectivity index (χ4v) is 4.84. The predicted octanol–water partition coefficient (Wildman–Crippen LogP) is 2.06. The van der Waals surface area contributed by atoms with Gasteiger partial charge in [-0.05, 0) is 0 Å². The van der Waals surface area contributed by atoms with Crippen LogP contribution in [0.2, 0.25) is 5.32 Å². The summed E-state index contributed by atoms with van der Waals surface area (Å²) in [6.07, 6.45) is 0. The summed E-state index contributed by atoms with van der Waals surface area (Å²) in [4.78, 5) is 37.4. The van der Waals surface area contributed by atoms with Crippen molar-refractivity contribution in [3.05, 3.63) is 71.3 Å². The van der Waals surface area contributed by atoms with Crippen LogP contribution < -0.4 is 0 Å². The van der Waals surface area contributed by atoms with Crippen LogP contribution >= 0.6 is 0 Å². The Labute approximate surface area is 145 Å². The fourth-order valence-electron chi connectivity index (χ4n) is 2.61. The van der Waals surface area contributed by atoms with Crippen LogP contribution in [0.5, 0.6) is 0 Å². The van der Waals surface area contributed by atoms with E-state index in [0.29, 0.717) is 5.32 Å². The molecule has 5 nitrogen and oxygen atoms in total. The van der Waals surface area contributed by atoms with Gasteiger partial charge in [-0.2, -0.15) is 0 Å². The Balaban J connectivity index is 1.74. The van der Waals surface area contributed by atoms with Gasteiger partial charge < -0.3 is 0 Å². The Hall–Kier alpha value is -2.43. The number of hydrogen-bond acceptors (Lipinski definition) is 3. The second-order valence-corrected chi connectivity index (χ2v) is 7.54. The first-order chi connectivity index (χ1) is 11.6. The second-order valence-electron chi connectivity index (χ2n) is 5.38. The van der Waals surface area contributed by atoms with Crippen molar-refractivity contribution >= 4 is 32.7 Å². The van der Waals surface area contributed by atoms with Gasteiger partial charge in [0.2, 0.25) is 0 Å². The second kappa shape index (κ2) is 6.99. The topological polar surface area (TPSA) is 74.7 Å². The summed E-state index contributed by atoms with van der Waals surface area (Å²) < 4.78 is 0. The van der Waals surface area contributed by atoms with Crippen molar-refractivity contribution in [1.82, 2.24) is 4.90 Å². The molecular weight excluding hydrogens is 373 g/mol. The number of amides is 2. The van der Waals surface area contributed by atoms with Gasteiger partial charge in [0.15, 0.2) is 0 Å². The number of imide groups is 1. The molecule has 0 radical (unpaired) electrons. The van der Waals surface area contributed by atoms with E-state index < -0.39 is 23.8 Å². The van der Waals surface area contributed by atoms with E-state index in [1.165, 1.54) is 0 Å². The average molecular weight is 388 g/mol. The van der Waals surface area contributed by atoms with Gasteiger partial charge >= 0.3 is 145 Å². The molecular formula is C18H15NO4Se. The Morgan fingerprint density at radius 2 is 1.50 bits per heavy atom. The van der Waals surface area contributed by atoms with Crippen molar-refractivity contribution in [2.24, 2.45) is 0 Å². The monoisotopic (exact) mass is 389 g/mol. The molecule has 1 N–H and O–H groups in total. The fraction of sp³-hybridized carbons (Fsp3) is 0.167. The number of carbonyl (C=O) groups excluding carboxylic acids is 2. The van der Waals surface area contributed by atoms with Gasteiger partial charge in [0.05, 0.1) is 0 Å². The summed E-state index contributed by atoms with van der Waals surface area (Å²) in [6.45, 7) is 0. The molecule has 122 valence electrons. The van der Waals surface area contributed by atoms with Crippen LogP contribution in [0, 0.1) is 0 Å². The molecule has 1 atom stereocenters. The van der Waals surface area contributed by atoms with Crippen LogP contribution in [0.3, 0.4) is 0 Å². The number of nitrogens with zero attached hydrogens (tertiary/aromatic N) is 1. The number of carbonyl (C=O) groups is 3. The molecule has 1 unspecified atom stereocenters. The van der Waals surface area contributed by atoms with E-state index in [4.69, 9.17) is 0 Å². The summed E-state index contributed by atoms with van der Waals surface area (Å²) in [5.41, 5.74) is 1.69. The molecule has 3 rings (SSSR count). The summed E-state index contributed by atoms with van der Waals surface area (Å²) >= 11 is -0.0280. The minimum atomic E-state index is -1.14. The van der Waals surface area contributed by atoms with E-state index in [2.05, 4.69) is 0 Å². The molecule has 0 fully saturated rings. The molecule has 0 spiro atoms. The molecule has 24 heavy (non-hydrogen) atoms. The Bertz CT molecular complexity index is 756. The van der Waals surface area contributed by atoms with Gasteiger partial charge in [0.1, 0.15) is 0 Å². The van der Waals surface area contributed by atoms with E-state index >= 15 is 0 Å². The normalized spacial score (nSPS) is 14.6. The third kappa shape index (κ3) is 3.11. The van der Waals surface area contributed by atoms with E-state index in [1.54, 1.807) is 24.3 Å². The van der Waals surface area contributed by atoms with Crippen molar-refractivity contribution < 1.29 is 19.5 Å². The van der Waals surface area contributed by atoms with Gasteiger partial charge in [0, 0.05) is 0 Å². The molecule has 6 heteroatoms. The zero-order valence-electron chi connectivity index (χ0n) is 12.7. The van der Waals surface area contributed by atoms with Crippen LogP contribution in [0.1, 0.15) is 26.3 Å². The molecule has 2 aromatic carbocycles. The predicted molar refractivity (Wildman–Crippen MR) is 89.1 cm³/mol. The third-order valence-electron chi connectivity index (χ3n) is 3.81. The molecule has 1 heterocycles. The minimum absolute atomic E-state index is 0.0280. The number of rotatable bonds is 6. The standard InChI is InChI=1S/C18H15NO4Se/c20-16-13-8-4-5-9-14(13)17(21)19(16)15(18(22)23)11-24-10-12-6-2-1-3-7-12/h1-9,15H,10-11H2,(H,22,23). The summed E-state index contributed by atoms with van der Waals surface area (Å²) in [5, 5.41) is 10.6. The summed E-state index contributed by atoms with van der Waals surface area (Å²) in [6, 6.07) is 15.1. The zero-order valence-corrected chi connectivity index (χ0v) is 14.4. The Morgan fingerprint density at radius 1 is 0.958 bits per heavy atom. The van der Waals surface area contributed by atoms with Gasteiger partial charge in [-0.1, -0.05) is 0 Å². The van der Waals surface area contributed by atoms with Crippen molar-refractivity contribution in [2.45, 2.75) is 16.7 Å². The van der Waals surface area contributed by atoms with Crippen LogP contribution in [-0.2, 0) is 10.1 Å². The number of carboxylic acids is 1. The van der Waals surface area contributed by atoms with Gasteiger partial charge in [-0.25, -0.2) is 0 Å². The number of aliphatic carboxylic acids is 1. The molecule has 1 aliphatic heterocycles. The summed E-state index contributed by atoms with van der Waals surface area (Å²) in [5.74, 6) is -2.17. The van der Waals surface area contributed by atoms with Crippen LogP contribution in [0.15, 0.2) is 54.6 Å². The van der Waals surface area contributed by atoms with Crippen molar-refractivity contribution in [1.29, 1.82) is 0 Å². The Kier molecular flexibility index (Phi) is 4.78. The van der Waals surface area contributed by atoms with Crippen LogP contribution in [0.4, 0.5) is 0 Å². The third-order valence-corrected chi connectivity index (χ3v) is 6.09. The molecule has 0 saturated carbocycles. The molecule has 2 amide bonds. The van der Waals surface area contributed by atoms with Crippen molar-refractivity contribution in [3.8, 4) is 0 Å². The maximum absolute atomic E-state index is 12.4. The summed E-state index contributed by atoms with van der Waals surface area (Å²) in [7, 11) is 0. The van der Waals surface area contributed by atoms with Gasteiger partial charge in [-0.3, -0.25) is 0 Å². The number of hydrogen-bond donors (Lipinski definition) is 1. The molecule has 1 aliphatic rings. The molecule has 0 saturated heterocycles. The van der Waals surface area contributed by atoms with E-state index in [0.717, 1.165) is 15.8 Å². The maximum atomic E-state index is 12.4.